The number of carbonyl (C=O) groups is 2. The highest BCUT2D eigenvalue weighted by atomic mass is 16.2. The number of amides is 2. The summed E-state index contributed by atoms with van der Waals surface area (Å²) < 4.78 is 0. The summed E-state index contributed by atoms with van der Waals surface area (Å²) in [6.45, 7) is 8.26. The zero-order chi connectivity index (χ0) is 13.8. The molecule has 0 aromatic rings. The van der Waals surface area contributed by atoms with Crippen molar-refractivity contribution in [3.8, 4) is 0 Å². The van der Waals surface area contributed by atoms with E-state index >= 15 is 0 Å². The van der Waals surface area contributed by atoms with Crippen molar-refractivity contribution in [1.29, 1.82) is 0 Å². The van der Waals surface area contributed by atoms with Crippen LogP contribution in [0.3, 0.4) is 0 Å². The second kappa shape index (κ2) is 6.18. The van der Waals surface area contributed by atoms with Crippen LogP contribution < -0.4 is 16.0 Å². The highest BCUT2D eigenvalue weighted by molar-refractivity contribution is 5.91. The molecule has 0 aliphatic carbocycles. The van der Waals surface area contributed by atoms with Crippen molar-refractivity contribution < 1.29 is 9.59 Å². The second-order valence-electron chi connectivity index (χ2n) is 5.57. The third kappa shape index (κ3) is 3.98. The lowest BCUT2D eigenvalue weighted by atomic mass is 9.90. The summed E-state index contributed by atoms with van der Waals surface area (Å²) >= 11 is 0. The van der Waals surface area contributed by atoms with Crippen LogP contribution in [-0.2, 0) is 9.59 Å². The van der Waals surface area contributed by atoms with E-state index in [0.717, 1.165) is 25.8 Å². The van der Waals surface area contributed by atoms with Gasteiger partial charge in [0.05, 0.1) is 5.54 Å². The van der Waals surface area contributed by atoms with Gasteiger partial charge in [-0.3, -0.25) is 9.59 Å². The fraction of sp³-hybridized carbons (Fsp3) is 0.846. The zero-order valence-electron chi connectivity index (χ0n) is 11.8. The lowest BCUT2D eigenvalue weighted by Gasteiger charge is -2.34. The molecule has 0 saturated carbocycles. The van der Waals surface area contributed by atoms with Gasteiger partial charge in [-0.2, -0.15) is 0 Å². The van der Waals surface area contributed by atoms with E-state index in [1.54, 1.807) is 6.92 Å². The summed E-state index contributed by atoms with van der Waals surface area (Å²) in [4.78, 5) is 23.9. The van der Waals surface area contributed by atoms with Crippen LogP contribution in [0.4, 0.5) is 0 Å². The molecule has 18 heavy (non-hydrogen) atoms. The number of rotatable bonds is 4. The molecule has 0 aromatic heterocycles. The van der Waals surface area contributed by atoms with Gasteiger partial charge in [-0.05, 0) is 53.5 Å². The summed E-state index contributed by atoms with van der Waals surface area (Å²) in [5, 5.41) is 8.81. The minimum absolute atomic E-state index is 0.0836. The Kier molecular flexibility index (Phi) is 5.14. The van der Waals surface area contributed by atoms with Crippen molar-refractivity contribution in [1.82, 2.24) is 16.0 Å². The standard InChI is InChI=1S/C13H25N3O2/c1-9(2)15-11(17)10(3)16-12(18)13(4)7-5-6-8-14-13/h9-10,14H,5-8H2,1-4H3,(H,15,17)(H,16,18). The fourth-order valence-electron chi connectivity index (χ4n) is 2.08. The van der Waals surface area contributed by atoms with Crippen LogP contribution >= 0.6 is 0 Å². The molecule has 5 heteroatoms. The largest absolute Gasteiger partial charge is 0.352 e. The van der Waals surface area contributed by atoms with Crippen molar-refractivity contribution in [2.24, 2.45) is 0 Å². The Morgan fingerprint density at radius 3 is 2.33 bits per heavy atom. The third-order valence-electron chi connectivity index (χ3n) is 3.29. The molecule has 0 spiro atoms. The van der Waals surface area contributed by atoms with E-state index in [4.69, 9.17) is 0 Å². The van der Waals surface area contributed by atoms with Gasteiger partial charge in [0.1, 0.15) is 6.04 Å². The highest BCUT2D eigenvalue weighted by Gasteiger charge is 2.35. The molecule has 0 bridgehead atoms. The van der Waals surface area contributed by atoms with Gasteiger partial charge in [-0.1, -0.05) is 0 Å². The highest BCUT2D eigenvalue weighted by Crippen LogP contribution is 2.18. The average molecular weight is 255 g/mol. The lowest BCUT2D eigenvalue weighted by molar-refractivity contribution is -0.132. The van der Waals surface area contributed by atoms with E-state index in [2.05, 4.69) is 16.0 Å². The lowest BCUT2D eigenvalue weighted by Crippen LogP contribution is -2.60. The van der Waals surface area contributed by atoms with Crippen LogP contribution in [0.25, 0.3) is 0 Å². The van der Waals surface area contributed by atoms with E-state index in [-0.39, 0.29) is 17.9 Å². The molecule has 1 aliphatic rings. The monoisotopic (exact) mass is 255 g/mol. The smallest absolute Gasteiger partial charge is 0.242 e. The van der Waals surface area contributed by atoms with E-state index in [9.17, 15) is 9.59 Å². The van der Waals surface area contributed by atoms with Crippen LogP contribution in [-0.4, -0.2) is 36.0 Å². The van der Waals surface area contributed by atoms with Gasteiger partial charge in [-0.25, -0.2) is 0 Å². The van der Waals surface area contributed by atoms with Gasteiger partial charge in [0.15, 0.2) is 0 Å². The number of nitrogens with one attached hydrogen (secondary N) is 3. The predicted molar refractivity (Wildman–Crippen MR) is 71.1 cm³/mol. The predicted octanol–water partition coefficient (Wildman–Crippen LogP) is 0.548. The van der Waals surface area contributed by atoms with Crippen LogP contribution in [0.2, 0.25) is 0 Å². The molecule has 104 valence electrons. The average Bonchev–Trinajstić information content (AvgIpc) is 2.28. The molecule has 1 aliphatic heterocycles. The first kappa shape index (κ1) is 15.0. The first-order valence-electron chi connectivity index (χ1n) is 6.71. The summed E-state index contributed by atoms with van der Waals surface area (Å²) in [5.41, 5.74) is -0.537. The minimum atomic E-state index is -0.537. The number of piperidine rings is 1. The van der Waals surface area contributed by atoms with Crippen molar-refractivity contribution >= 4 is 11.8 Å². The summed E-state index contributed by atoms with van der Waals surface area (Å²) in [5.74, 6) is -0.230. The Morgan fingerprint density at radius 1 is 1.17 bits per heavy atom. The molecule has 5 nitrogen and oxygen atoms in total. The van der Waals surface area contributed by atoms with Crippen LogP contribution in [0, 0.1) is 0 Å². The first-order valence-corrected chi connectivity index (χ1v) is 6.71. The quantitative estimate of drug-likeness (QED) is 0.687. The molecule has 2 amide bonds. The Morgan fingerprint density at radius 2 is 1.83 bits per heavy atom. The van der Waals surface area contributed by atoms with Gasteiger partial charge in [0.2, 0.25) is 11.8 Å². The van der Waals surface area contributed by atoms with Crippen molar-refractivity contribution in [2.45, 2.75) is 64.6 Å². The molecular formula is C13H25N3O2. The second-order valence-corrected chi connectivity index (χ2v) is 5.57. The minimum Gasteiger partial charge on any atom is -0.352 e. The van der Waals surface area contributed by atoms with E-state index in [1.807, 2.05) is 20.8 Å². The van der Waals surface area contributed by atoms with Gasteiger partial charge >= 0.3 is 0 Å². The maximum absolute atomic E-state index is 12.2. The topological polar surface area (TPSA) is 70.2 Å². The molecule has 2 atom stereocenters. The number of hydrogen-bond acceptors (Lipinski definition) is 3. The van der Waals surface area contributed by atoms with Gasteiger partial charge in [-0.15, -0.1) is 0 Å². The Hall–Kier alpha value is -1.10. The van der Waals surface area contributed by atoms with E-state index < -0.39 is 11.6 Å². The van der Waals surface area contributed by atoms with Crippen LogP contribution in [0.1, 0.15) is 47.0 Å². The molecule has 3 N–H and O–H groups in total. The summed E-state index contributed by atoms with van der Waals surface area (Å²) in [6, 6.07) is -0.416. The molecule has 0 radical (unpaired) electrons. The van der Waals surface area contributed by atoms with Gasteiger partial charge in [0, 0.05) is 6.04 Å². The normalized spacial score (nSPS) is 25.6. The molecule has 1 saturated heterocycles. The van der Waals surface area contributed by atoms with Gasteiger partial charge < -0.3 is 16.0 Å². The van der Waals surface area contributed by atoms with E-state index in [1.165, 1.54) is 0 Å². The number of carbonyl (C=O) groups excluding carboxylic acids is 2. The summed E-state index contributed by atoms with van der Waals surface area (Å²) in [6.07, 6.45) is 2.97. The van der Waals surface area contributed by atoms with E-state index in [0.29, 0.717) is 0 Å². The first-order chi connectivity index (χ1) is 8.35. The Labute approximate surface area is 109 Å². The molecule has 1 rings (SSSR count). The SMILES string of the molecule is CC(C)NC(=O)C(C)NC(=O)C1(C)CCCCN1. The maximum atomic E-state index is 12.2. The van der Waals surface area contributed by atoms with Gasteiger partial charge in [0.25, 0.3) is 0 Å². The third-order valence-corrected chi connectivity index (χ3v) is 3.29. The maximum Gasteiger partial charge on any atom is 0.242 e. The fourth-order valence-corrected chi connectivity index (χ4v) is 2.08. The molecule has 2 unspecified atom stereocenters. The Bertz CT molecular complexity index is 309. The summed E-state index contributed by atoms with van der Waals surface area (Å²) in [7, 11) is 0. The van der Waals surface area contributed by atoms with Crippen LogP contribution in [0.5, 0.6) is 0 Å². The molecule has 1 fully saturated rings. The van der Waals surface area contributed by atoms with Crippen molar-refractivity contribution in [3.05, 3.63) is 0 Å². The number of hydrogen-bond donors (Lipinski definition) is 3. The zero-order valence-corrected chi connectivity index (χ0v) is 11.8. The molecule has 0 aromatic carbocycles. The van der Waals surface area contributed by atoms with Crippen molar-refractivity contribution in [2.75, 3.05) is 6.54 Å². The van der Waals surface area contributed by atoms with Crippen LogP contribution in [0.15, 0.2) is 0 Å². The molecular weight excluding hydrogens is 230 g/mol. The van der Waals surface area contributed by atoms with Crippen molar-refractivity contribution in [3.63, 3.8) is 0 Å². The Balaban J connectivity index is 2.50. The molecule has 1 heterocycles.